The number of amides is 1. The minimum atomic E-state index is -3.92. The van der Waals surface area contributed by atoms with E-state index in [0.29, 0.717) is 5.56 Å². The number of nitrogens with one attached hydrogen (secondary N) is 1. The van der Waals surface area contributed by atoms with Gasteiger partial charge in [0.1, 0.15) is 0 Å². The van der Waals surface area contributed by atoms with E-state index in [1.807, 2.05) is 0 Å². The van der Waals surface area contributed by atoms with Crippen molar-refractivity contribution in [3.63, 3.8) is 0 Å². The molecule has 126 valence electrons. The van der Waals surface area contributed by atoms with Crippen LogP contribution in [0.3, 0.4) is 0 Å². The molecule has 0 unspecified atom stereocenters. The van der Waals surface area contributed by atoms with Crippen molar-refractivity contribution >= 4 is 27.3 Å². The number of rotatable bonds is 5. The molecule has 1 N–H and O–H groups in total. The number of carbonyl (C=O) groups excluding carboxylic acids is 1. The maximum Gasteiger partial charge on any atom is 0.269 e. The first-order valence-electron chi connectivity index (χ1n) is 6.80. The van der Waals surface area contributed by atoms with E-state index in [2.05, 4.69) is 4.72 Å². The summed E-state index contributed by atoms with van der Waals surface area (Å²) in [6.07, 6.45) is 0. The number of anilines is 1. The van der Waals surface area contributed by atoms with Gasteiger partial charge >= 0.3 is 0 Å². The lowest BCUT2D eigenvalue weighted by Crippen LogP contribution is -2.22. The fourth-order valence-corrected chi connectivity index (χ4v) is 2.98. The Morgan fingerprint density at radius 3 is 2.29 bits per heavy atom. The summed E-state index contributed by atoms with van der Waals surface area (Å²) in [5, 5.41) is 10.6. The lowest BCUT2D eigenvalue weighted by atomic mass is 10.2. The van der Waals surface area contributed by atoms with Crippen LogP contribution in [-0.4, -0.2) is 38.2 Å². The molecule has 0 atom stereocenters. The van der Waals surface area contributed by atoms with Crippen molar-refractivity contribution in [1.29, 1.82) is 0 Å². The van der Waals surface area contributed by atoms with Crippen molar-refractivity contribution in [1.82, 2.24) is 4.90 Å². The van der Waals surface area contributed by atoms with E-state index in [4.69, 9.17) is 0 Å². The van der Waals surface area contributed by atoms with Crippen molar-refractivity contribution < 1.29 is 18.1 Å². The van der Waals surface area contributed by atoms with Crippen molar-refractivity contribution in [3.05, 3.63) is 64.2 Å². The second-order valence-corrected chi connectivity index (χ2v) is 6.82. The van der Waals surface area contributed by atoms with Gasteiger partial charge in [-0.3, -0.25) is 19.6 Å². The number of benzene rings is 2. The van der Waals surface area contributed by atoms with Crippen LogP contribution in [0.1, 0.15) is 10.4 Å². The average Bonchev–Trinajstić information content (AvgIpc) is 2.54. The van der Waals surface area contributed by atoms with Crippen LogP contribution in [0.5, 0.6) is 0 Å². The monoisotopic (exact) mass is 349 g/mol. The van der Waals surface area contributed by atoms with Gasteiger partial charge in [-0.15, -0.1) is 0 Å². The molecule has 0 fully saturated rings. The van der Waals surface area contributed by atoms with Crippen LogP contribution in [0.25, 0.3) is 0 Å². The van der Waals surface area contributed by atoms with Crippen LogP contribution in [0.15, 0.2) is 53.4 Å². The minimum Gasteiger partial charge on any atom is -0.345 e. The molecule has 0 aromatic heterocycles. The van der Waals surface area contributed by atoms with Gasteiger partial charge in [0, 0.05) is 37.5 Å². The number of nitrogens with zero attached hydrogens (tertiary/aromatic N) is 2. The lowest BCUT2D eigenvalue weighted by molar-refractivity contribution is -0.384. The summed E-state index contributed by atoms with van der Waals surface area (Å²) < 4.78 is 27.0. The van der Waals surface area contributed by atoms with Gasteiger partial charge in [0.2, 0.25) is 0 Å². The molecule has 0 aliphatic rings. The fraction of sp³-hybridized carbons (Fsp3) is 0.133. The molecule has 2 aromatic carbocycles. The molecule has 0 heterocycles. The predicted octanol–water partition coefficient (Wildman–Crippen LogP) is 2.10. The van der Waals surface area contributed by atoms with Crippen molar-refractivity contribution in [2.24, 2.45) is 0 Å². The molecule has 0 saturated heterocycles. The van der Waals surface area contributed by atoms with Gasteiger partial charge in [-0.05, 0) is 30.3 Å². The largest absolute Gasteiger partial charge is 0.345 e. The zero-order valence-corrected chi connectivity index (χ0v) is 13.8. The Hall–Kier alpha value is -2.94. The maximum atomic E-state index is 12.3. The third kappa shape index (κ3) is 3.87. The zero-order chi connectivity index (χ0) is 17.9. The molecule has 2 aromatic rings. The highest BCUT2D eigenvalue weighted by molar-refractivity contribution is 7.92. The molecule has 0 bridgehead atoms. The highest BCUT2D eigenvalue weighted by atomic mass is 32.2. The van der Waals surface area contributed by atoms with Gasteiger partial charge in [0.05, 0.1) is 9.82 Å². The van der Waals surface area contributed by atoms with Gasteiger partial charge in [-0.1, -0.05) is 6.07 Å². The second-order valence-electron chi connectivity index (χ2n) is 5.14. The topological polar surface area (TPSA) is 110 Å². The first-order chi connectivity index (χ1) is 11.2. The van der Waals surface area contributed by atoms with Crippen LogP contribution in [0.4, 0.5) is 11.4 Å². The minimum absolute atomic E-state index is 0.113. The number of sulfonamides is 1. The Balaban J connectivity index is 2.27. The third-order valence-corrected chi connectivity index (χ3v) is 4.52. The summed E-state index contributed by atoms with van der Waals surface area (Å²) in [4.78, 5) is 23.2. The van der Waals surface area contributed by atoms with Gasteiger partial charge in [0.15, 0.2) is 0 Å². The van der Waals surface area contributed by atoms with E-state index >= 15 is 0 Å². The van der Waals surface area contributed by atoms with Crippen LogP contribution in [-0.2, 0) is 10.0 Å². The molecule has 0 aliphatic heterocycles. The van der Waals surface area contributed by atoms with E-state index in [1.54, 1.807) is 26.2 Å². The summed E-state index contributed by atoms with van der Waals surface area (Å²) in [6, 6.07) is 10.6. The Kier molecular flexibility index (Phi) is 4.84. The fourth-order valence-electron chi connectivity index (χ4n) is 1.93. The highest BCUT2D eigenvalue weighted by Crippen LogP contribution is 2.20. The van der Waals surface area contributed by atoms with Crippen LogP contribution < -0.4 is 4.72 Å². The average molecular weight is 349 g/mol. The Morgan fingerprint density at radius 2 is 1.75 bits per heavy atom. The summed E-state index contributed by atoms with van der Waals surface area (Å²) >= 11 is 0. The summed E-state index contributed by atoms with van der Waals surface area (Å²) in [7, 11) is -0.729. The summed E-state index contributed by atoms with van der Waals surface area (Å²) in [5.74, 6) is -0.258. The molecule has 2 rings (SSSR count). The van der Waals surface area contributed by atoms with Gasteiger partial charge in [-0.2, -0.15) is 0 Å². The molecule has 8 nitrogen and oxygen atoms in total. The molecule has 0 radical (unpaired) electrons. The van der Waals surface area contributed by atoms with E-state index in [0.717, 1.165) is 24.3 Å². The smallest absolute Gasteiger partial charge is 0.269 e. The number of hydrogen-bond acceptors (Lipinski definition) is 5. The van der Waals surface area contributed by atoms with Crippen molar-refractivity contribution in [2.45, 2.75) is 4.90 Å². The highest BCUT2D eigenvalue weighted by Gasteiger charge is 2.17. The first-order valence-corrected chi connectivity index (χ1v) is 8.28. The quantitative estimate of drug-likeness (QED) is 0.656. The van der Waals surface area contributed by atoms with Crippen LogP contribution >= 0.6 is 0 Å². The SMILES string of the molecule is CN(C)C(=O)c1cccc(NS(=O)(=O)c2ccc([N+](=O)[O-])cc2)c1. The molecule has 9 heteroatoms. The standard InChI is InChI=1S/C15H15N3O5S/c1-17(2)15(19)11-4-3-5-12(10-11)16-24(22,23)14-8-6-13(7-9-14)18(20)21/h3-10,16H,1-2H3. The zero-order valence-electron chi connectivity index (χ0n) is 13.0. The Labute approximate surface area is 138 Å². The van der Waals surface area contributed by atoms with Gasteiger partial charge < -0.3 is 4.90 Å². The summed E-state index contributed by atoms with van der Waals surface area (Å²) in [6.45, 7) is 0. The second kappa shape index (κ2) is 6.67. The molecule has 0 spiro atoms. The van der Waals surface area contributed by atoms with E-state index in [1.165, 1.54) is 17.0 Å². The molecule has 1 amide bonds. The number of nitro benzene ring substituents is 1. The Morgan fingerprint density at radius 1 is 1.12 bits per heavy atom. The number of nitro groups is 1. The van der Waals surface area contributed by atoms with E-state index in [-0.39, 0.29) is 22.2 Å². The lowest BCUT2D eigenvalue weighted by Gasteiger charge is -2.12. The third-order valence-electron chi connectivity index (χ3n) is 3.13. The molecular weight excluding hydrogens is 334 g/mol. The molecular formula is C15H15N3O5S. The van der Waals surface area contributed by atoms with Crippen LogP contribution in [0.2, 0.25) is 0 Å². The van der Waals surface area contributed by atoms with Crippen LogP contribution in [0, 0.1) is 10.1 Å². The molecule has 0 aliphatic carbocycles. The van der Waals surface area contributed by atoms with E-state index in [9.17, 15) is 23.3 Å². The summed E-state index contributed by atoms with van der Waals surface area (Å²) in [5.41, 5.74) is 0.359. The number of non-ortho nitro benzene ring substituents is 1. The Bertz CT molecular complexity index is 876. The first kappa shape index (κ1) is 17.4. The van der Waals surface area contributed by atoms with Gasteiger partial charge in [-0.25, -0.2) is 8.42 Å². The molecule has 0 saturated carbocycles. The normalized spacial score (nSPS) is 10.9. The van der Waals surface area contributed by atoms with E-state index < -0.39 is 14.9 Å². The van der Waals surface area contributed by atoms with Gasteiger partial charge in [0.25, 0.3) is 21.6 Å². The number of carbonyl (C=O) groups is 1. The van der Waals surface area contributed by atoms with Crippen molar-refractivity contribution in [3.8, 4) is 0 Å². The molecule has 24 heavy (non-hydrogen) atoms. The predicted molar refractivity (Wildman–Crippen MR) is 88.4 cm³/mol. The maximum absolute atomic E-state index is 12.3. The van der Waals surface area contributed by atoms with Crippen molar-refractivity contribution in [2.75, 3.05) is 18.8 Å². The number of hydrogen-bond donors (Lipinski definition) is 1.